The van der Waals surface area contributed by atoms with E-state index in [1.54, 1.807) is 6.92 Å². The second-order valence-electron chi connectivity index (χ2n) is 3.39. The quantitative estimate of drug-likeness (QED) is 0.927. The largest absolute Gasteiger partial charge is 0.496 e. The Kier molecular flexibility index (Phi) is 4.29. The summed E-state index contributed by atoms with van der Waals surface area (Å²) in [6.07, 6.45) is 0.176. The van der Waals surface area contributed by atoms with E-state index in [0.717, 1.165) is 0 Å². The first-order chi connectivity index (χ1) is 7.47. The number of rotatable bonds is 4. The number of carboxylic acid groups (broad SMARTS) is 1. The van der Waals surface area contributed by atoms with Gasteiger partial charge in [0.1, 0.15) is 11.6 Å². The summed E-state index contributed by atoms with van der Waals surface area (Å²) < 4.78 is 18.9. The van der Waals surface area contributed by atoms with E-state index >= 15 is 0 Å². The molecule has 1 aromatic carbocycles. The van der Waals surface area contributed by atoms with E-state index in [-0.39, 0.29) is 17.3 Å². The first-order valence-electron chi connectivity index (χ1n) is 4.70. The third-order valence-corrected chi connectivity index (χ3v) is 3.10. The zero-order valence-electron chi connectivity index (χ0n) is 9.01. The fraction of sp³-hybridized carbons (Fsp3) is 0.364. The molecule has 3 nitrogen and oxygen atoms in total. The van der Waals surface area contributed by atoms with Crippen LogP contribution in [0.3, 0.4) is 0 Å². The van der Waals surface area contributed by atoms with Crippen LogP contribution in [0.15, 0.2) is 10.5 Å². The van der Waals surface area contributed by atoms with Gasteiger partial charge in [-0.1, -0.05) is 0 Å². The Balaban J connectivity index is 3.17. The molecule has 0 aliphatic heterocycles. The molecule has 88 valence electrons. The molecule has 0 bridgehead atoms. The molecular weight excluding hydrogens is 279 g/mol. The normalized spacial score (nSPS) is 10.2. The SMILES string of the molecule is COc1c(C)cc(F)c(Br)c1CCC(=O)O. The molecule has 0 unspecified atom stereocenters. The van der Waals surface area contributed by atoms with Gasteiger partial charge in [0.25, 0.3) is 0 Å². The van der Waals surface area contributed by atoms with E-state index < -0.39 is 11.8 Å². The molecule has 0 atom stereocenters. The van der Waals surface area contributed by atoms with Crippen molar-refractivity contribution in [1.29, 1.82) is 0 Å². The molecule has 0 aliphatic rings. The highest BCUT2D eigenvalue weighted by molar-refractivity contribution is 9.10. The van der Waals surface area contributed by atoms with Gasteiger partial charge in [0.2, 0.25) is 0 Å². The van der Waals surface area contributed by atoms with Crippen LogP contribution in [0.1, 0.15) is 17.5 Å². The zero-order valence-corrected chi connectivity index (χ0v) is 10.6. The molecule has 0 amide bonds. The van der Waals surface area contributed by atoms with Crippen molar-refractivity contribution in [2.45, 2.75) is 19.8 Å². The summed E-state index contributed by atoms with van der Waals surface area (Å²) in [7, 11) is 1.48. The van der Waals surface area contributed by atoms with Crippen LogP contribution in [0.2, 0.25) is 0 Å². The molecule has 1 aromatic rings. The van der Waals surface area contributed by atoms with Crippen molar-refractivity contribution in [3.05, 3.63) is 27.5 Å². The van der Waals surface area contributed by atoms with Crippen LogP contribution < -0.4 is 4.74 Å². The molecule has 0 saturated carbocycles. The van der Waals surface area contributed by atoms with Crippen molar-refractivity contribution in [3.8, 4) is 5.75 Å². The van der Waals surface area contributed by atoms with Gasteiger partial charge in [-0.25, -0.2) is 4.39 Å². The van der Waals surface area contributed by atoms with Gasteiger partial charge in [0.15, 0.2) is 0 Å². The molecule has 0 saturated heterocycles. The van der Waals surface area contributed by atoms with Crippen LogP contribution in [-0.2, 0) is 11.2 Å². The third-order valence-electron chi connectivity index (χ3n) is 2.24. The Labute approximate surface area is 101 Å². The highest BCUT2D eigenvalue weighted by atomic mass is 79.9. The Morgan fingerprint density at radius 2 is 2.25 bits per heavy atom. The van der Waals surface area contributed by atoms with Gasteiger partial charge in [-0.05, 0) is 40.9 Å². The van der Waals surface area contributed by atoms with Crippen LogP contribution >= 0.6 is 15.9 Å². The van der Waals surface area contributed by atoms with Crippen LogP contribution in [0.4, 0.5) is 4.39 Å². The molecule has 1 N–H and O–H groups in total. The number of methoxy groups -OCH3 is 1. The van der Waals surface area contributed by atoms with Gasteiger partial charge in [-0.2, -0.15) is 0 Å². The molecule has 0 aliphatic carbocycles. The highest BCUT2D eigenvalue weighted by Crippen LogP contribution is 2.33. The average Bonchev–Trinajstić information content (AvgIpc) is 2.20. The molecule has 1 rings (SSSR count). The monoisotopic (exact) mass is 290 g/mol. The van der Waals surface area contributed by atoms with E-state index in [9.17, 15) is 9.18 Å². The number of halogens is 2. The number of hydrogen-bond acceptors (Lipinski definition) is 2. The first-order valence-corrected chi connectivity index (χ1v) is 5.50. The molecule has 0 spiro atoms. The maximum Gasteiger partial charge on any atom is 0.303 e. The number of hydrogen-bond donors (Lipinski definition) is 1. The lowest BCUT2D eigenvalue weighted by atomic mass is 10.0. The minimum Gasteiger partial charge on any atom is -0.496 e. The van der Waals surface area contributed by atoms with Gasteiger partial charge in [0, 0.05) is 12.0 Å². The summed E-state index contributed by atoms with van der Waals surface area (Å²) >= 11 is 3.11. The smallest absolute Gasteiger partial charge is 0.303 e. The zero-order chi connectivity index (χ0) is 12.3. The lowest BCUT2D eigenvalue weighted by molar-refractivity contribution is -0.136. The average molecular weight is 291 g/mol. The number of aryl methyl sites for hydroxylation is 1. The second-order valence-corrected chi connectivity index (χ2v) is 4.19. The van der Waals surface area contributed by atoms with E-state index in [4.69, 9.17) is 9.84 Å². The Hall–Kier alpha value is -1.10. The summed E-state index contributed by atoms with van der Waals surface area (Å²) in [6, 6.07) is 1.35. The first kappa shape index (κ1) is 13.0. The summed E-state index contributed by atoms with van der Waals surface area (Å²) in [5, 5.41) is 8.62. The molecule has 0 heterocycles. The van der Waals surface area contributed by atoms with Crippen molar-refractivity contribution >= 4 is 21.9 Å². The van der Waals surface area contributed by atoms with Crippen LogP contribution in [0, 0.1) is 12.7 Å². The van der Waals surface area contributed by atoms with Crippen LogP contribution in [0.25, 0.3) is 0 Å². The van der Waals surface area contributed by atoms with Gasteiger partial charge < -0.3 is 9.84 Å². The summed E-state index contributed by atoms with van der Waals surface area (Å²) in [5.41, 5.74) is 1.21. The number of ether oxygens (including phenoxy) is 1. The maximum atomic E-state index is 13.4. The number of aliphatic carboxylic acids is 1. The van der Waals surface area contributed by atoms with Crippen molar-refractivity contribution in [1.82, 2.24) is 0 Å². The van der Waals surface area contributed by atoms with Gasteiger partial charge >= 0.3 is 5.97 Å². The van der Waals surface area contributed by atoms with Crippen molar-refractivity contribution in [2.75, 3.05) is 7.11 Å². The Bertz CT molecular complexity index is 418. The van der Waals surface area contributed by atoms with Gasteiger partial charge in [-0.15, -0.1) is 0 Å². The third kappa shape index (κ3) is 2.72. The molecule has 5 heteroatoms. The fourth-order valence-electron chi connectivity index (χ4n) is 1.54. The lowest BCUT2D eigenvalue weighted by Crippen LogP contribution is -2.03. The van der Waals surface area contributed by atoms with E-state index in [1.165, 1.54) is 13.2 Å². The van der Waals surface area contributed by atoms with Gasteiger partial charge in [0.05, 0.1) is 11.6 Å². The van der Waals surface area contributed by atoms with Gasteiger partial charge in [-0.3, -0.25) is 4.79 Å². The topological polar surface area (TPSA) is 46.5 Å². The lowest BCUT2D eigenvalue weighted by Gasteiger charge is -2.13. The predicted octanol–water partition coefficient (Wildman–Crippen LogP) is 2.92. The maximum absolute atomic E-state index is 13.4. The minimum atomic E-state index is -0.920. The number of benzene rings is 1. The Morgan fingerprint density at radius 1 is 1.62 bits per heavy atom. The second kappa shape index (κ2) is 5.30. The van der Waals surface area contributed by atoms with Crippen LogP contribution in [0.5, 0.6) is 5.75 Å². The summed E-state index contributed by atoms with van der Waals surface area (Å²) in [4.78, 5) is 10.5. The van der Waals surface area contributed by atoms with E-state index in [0.29, 0.717) is 16.9 Å². The number of carboxylic acids is 1. The molecule has 0 aromatic heterocycles. The highest BCUT2D eigenvalue weighted by Gasteiger charge is 2.16. The van der Waals surface area contributed by atoms with E-state index in [1.807, 2.05) is 0 Å². The summed E-state index contributed by atoms with van der Waals surface area (Å²) in [6.45, 7) is 1.72. The molecule has 0 fully saturated rings. The summed E-state index contributed by atoms with van der Waals surface area (Å²) in [5.74, 6) is -0.788. The van der Waals surface area contributed by atoms with Crippen molar-refractivity contribution in [3.63, 3.8) is 0 Å². The molecule has 16 heavy (non-hydrogen) atoms. The van der Waals surface area contributed by atoms with Crippen LogP contribution in [-0.4, -0.2) is 18.2 Å². The number of carbonyl (C=O) groups is 1. The fourth-order valence-corrected chi connectivity index (χ4v) is 2.03. The van der Waals surface area contributed by atoms with E-state index in [2.05, 4.69) is 15.9 Å². The van der Waals surface area contributed by atoms with Crippen molar-refractivity contribution in [2.24, 2.45) is 0 Å². The Morgan fingerprint density at radius 3 is 2.75 bits per heavy atom. The molecule has 0 radical (unpaired) electrons. The predicted molar refractivity (Wildman–Crippen MR) is 61.3 cm³/mol. The molecular formula is C11H12BrFO3. The van der Waals surface area contributed by atoms with Crippen molar-refractivity contribution < 1.29 is 19.0 Å². The minimum absolute atomic E-state index is 0.0577. The standard InChI is InChI=1S/C11H12BrFO3/c1-6-5-8(13)10(12)7(11(6)16-2)3-4-9(14)15/h5H,3-4H2,1-2H3,(H,14,15).